The highest BCUT2D eigenvalue weighted by atomic mass is 32.2. The zero-order chi connectivity index (χ0) is 17.6. The molecule has 1 aliphatic rings. The van der Waals surface area contributed by atoms with Crippen molar-refractivity contribution in [3.05, 3.63) is 29.8 Å². The molecule has 0 radical (unpaired) electrons. The zero-order valence-electron chi connectivity index (χ0n) is 14.4. The first-order chi connectivity index (χ1) is 11.5. The van der Waals surface area contributed by atoms with Crippen LogP contribution in [-0.4, -0.2) is 56.5 Å². The molecular weight excluding hydrogens is 328 g/mol. The molecule has 0 unspecified atom stereocenters. The van der Waals surface area contributed by atoms with E-state index in [0.717, 1.165) is 18.4 Å². The molecule has 0 spiro atoms. The maximum absolute atomic E-state index is 12.8. The number of sulfonamides is 1. The normalized spacial score (nSPS) is 16.7. The number of carbonyl (C=O) groups excluding carboxylic acids is 1. The van der Waals surface area contributed by atoms with E-state index in [2.05, 4.69) is 6.92 Å². The quantitative estimate of drug-likeness (QED) is 0.815. The summed E-state index contributed by atoms with van der Waals surface area (Å²) in [6.07, 6.45) is 2.20. The van der Waals surface area contributed by atoms with Crippen LogP contribution in [0.5, 0.6) is 0 Å². The van der Waals surface area contributed by atoms with Crippen molar-refractivity contribution in [1.82, 2.24) is 9.21 Å². The Hall–Kier alpha value is -1.60. The van der Waals surface area contributed by atoms with Crippen molar-refractivity contribution in [2.75, 3.05) is 32.8 Å². The van der Waals surface area contributed by atoms with Gasteiger partial charge in [0.25, 0.3) is 0 Å². The van der Waals surface area contributed by atoms with Crippen molar-refractivity contribution in [1.29, 1.82) is 0 Å². The van der Waals surface area contributed by atoms with E-state index >= 15 is 0 Å². The molecule has 0 bridgehead atoms. The predicted octanol–water partition coefficient (Wildman–Crippen LogP) is 2.49. The van der Waals surface area contributed by atoms with Gasteiger partial charge in [-0.05, 0) is 37.5 Å². The lowest BCUT2D eigenvalue weighted by molar-refractivity contribution is 0.109. The second kappa shape index (κ2) is 8.48. The standard InChI is InChI=1S/C17H26N2O4S/c1-3-6-15-7-9-16(10-8-15)24(21,22)19-12-5-11-18(13-14-19)17(20)23-4-2/h7-10H,3-6,11-14H2,1-2H3. The fourth-order valence-corrected chi connectivity index (χ4v) is 4.27. The smallest absolute Gasteiger partial charge is 0.409 e. The van der Waals surface area contributed by atoms with Gasteiger partial charge < -0.3 is 9.64 Å². The molecule has 0 N–H and O–H groups in total. The highest BCUT2D eigenvalue weighted by Gasteiger charge is 2.28. The molecule has 1 amide bonds. The summed E-state index contributed by atoms with van der Waals surface area (Å²) < 4.78 is 32.1. The molecule has 0 aliphatic carbocycles. The average molecular weight is 354 g/mol. The van der Waals surface area contributed by atoms with Gasteiger partial charge in [0, 0.05) is 26.2 Å². The van der Waals surface area contributed by atoms with E-state index in [1.54, 1.807) is 24.0 Å². The molecule has 24 heavy (non-hydrogen) atoms. The Labute approximate surface area is 144 Å². The fraction of sp³-hybridized carbons (Fsp3) is 0.588. The number of nitrogens with zero attached hydrogens (tertiary/aromatic N) is 2. The van der Waals surface area contributed by atoms with E-state index in [4.69, 9.17) is 4.74 Å². The minimum atomic E-state index is -3.52. The Morgan fingerprint density at radius 2 is 1.79 bits per heavy atom. The van der Waals surface area contributed by atoms with Crippen molar-refractivity contribution in [2.45, 2.75) is 38.0 Å². The van der Waals surface area contributed by atoms with Crippen molar-refractivity contribution in [3.8, 4) is 0 Å². The number of carbonyl (C=O) groups is 1. The lowest BCUT2D eigenvalue weighted by Crippen LogP contribution is -2.37. The molecule has 2 rings (SSSR count). The van der Waals surface area contributed by atoms with Gasteiger partial charge in [-0.15, -0.1) is 0 Å². The first-order valence-electron chi connectivity index (χ1n) is 8.49. The zero-order valence-corrected chi connectivity index (χ0v) is 15.2. The summed E-state index contributed by atoms with van der Waals surface area (Å²) in [6.45, 7) is 5.74. The van der Waals surface area contributed by atoms with Crippen molar-refractivity contribution in [2.24, 2.45) is 0 Å². The van der Waals surface area contributed by atoms with Gasteiger partial charge in [0.2, 0.25) is 10.0 Å². The summed E-state index contributed by atoms with van der Waals surface area (Å²) in [6, 6.07) is 7.10. The maximum atomic E-state index is 12.8. The van der Waals surface area contributed by atoms with E-state index < -0.39 is 10.0 Å². The van der Waals surface area contributed by atoms with Crippen LogP contribution in [0, 0.1) is 0 Å². The Morgan fingerprint density at radius 1 is 1.08 bits per heavy atom. The molecule has 0 saturated carbocycles. The molecule has 134 valence electrons. The fourth-order valence-electron chi connectivity index (χ4n) is 2.80. The maximum Gasteiger partial charge on any atom is 0.409 e. The number of ether oxygens (including phenoxy) is 1. The van der Waals surface area contributed by atoms with Crippen LogP contribution in [0.15, 0.2) is 29.2 Å². The molecule has 1 aromatic rings. The van der Waals surface area contributed by atoms with Gasteiger partial charge in [-0.2, -0.15) is 4.31 Å². The monoisotopic (exact) mass is 354 g/mol. The molecule has 7 heteroatoms. The van der Waals surface area contributed by atoms with E-state index in [1.807, 2.05) is 12.1 Å². The number of aryl methyl sites for hydroxylation is 1. The van der Waals surface area contributed by atoms with Crippen LogP contribution in [0.1, 0.15) is 32.3 Å². The molecule has 1 saturated heterocycles. The molecule has 6 nitrogen and oxygen atoms in total. The minimum Gasteiger partial charge on any atom is -0.450 e. The van der Waals surface area contributed by atoms with Gasteiger partial charge in [0.15, 0.2) is 0 Å². The van der Waals surface area contributed by atoms with Crippen LogP contribution in [0.25, 0.3) is 0 Å². The number of hydrogen-bond acceptors (Lipinski definition) is 4. The summed E-state index contributed by atoms with van der Waals surface area (Å²) in [5.41, 5.74) is 1.14. The SMILES string of the molecule is CCCc1ccc(S(=O)(=O)N2CCCN(C(=O)OCC)CC2)cc1. The van der Waals surface area contributed by atoms with Gasteiger partial charge in [-0.3, -0.25) is 0 Å². The van der Waals surface area contributed by atoms with Crippen LogP contribution in [-0.2, 0) is 21.2 Å². The molecule has 1 heterocycles. The average Bonchev–Trinajstić information content (AvgIpc) is 2.82. The van der Waals surface area contributed by atoms with Crippen molar-refractivity contribution >= 4 is 16.1 Å². The lowest BCUT2D eigenvalue weighted by atomic mass is 10.1. The van der Waals surface area contributed by atoms with E-state index in [0.29, 0.717) is 37.6 Å². The first-order valence-corrected chi connectivity index (χ1v) is 9.93. The van der Waals surface area contributed by atoms with Gasteiger partial charge in [-0.25, -0.2) is 13.2 Å². The molecule has 1 aliphatic heterocycles. The number of benzene rings is 1. The Balaban J connectivity index is 2.08. The molecule has 1 fully saturated rings. The summed E-state index contributed by atoms with van der Waals surface area (Å²) >= 11 is 0. The van der Waals surface area contributed by atoms with Crippen LogP contribution in [0.2, 0.25) is 0 Å². The van der Waals surface area contributed by atoms with Crippen molar-refractivity contribution < 1.29 is 17.9 Å². The summed E-state index contributed by atoms with van der Waals surface area (Å²) in [5.74, 6) is 0. The minimum absolute atomic E-state index is 0.290. The molecule has 1 aromatic carbocycles. The van der Waals surface area contributed by atoms with Crippen LogP contribution in [0.3, 0.4) is 0 Å². The largest absolute Gasteiger partial charge is 0.450 e. The second-order valence-electron chi connectivity index (χ2n) is 5.84. The number of rotatable bonds is 5. The van der Waals surface area contributed by atoms with E-state index in [9.17, 15) is 13.2 Å². The molecule has 0 aromatic heterocycles. The van der Waals surface area contributed by atoms with Crippen molar-refractivity contribution in [3.63, 3.8) is 0 Å². The van der Waals surface area contributed by atoms with E-state index in [1.165, 1.54) is 4.31 Å². The molecule has 0 atom stereocenters. The third-order valence-electron chi connectivity index (χ3n) is 4.08. The highest BCUT2D eigenvalue weighted by Crippen LogP contribution is 2.19. The Kier molecular flexibility index (Phi) is 6.62. The topological polar surface area (TPSA) is 66.9 Å². The Morgan fingerprint density at radius 3 is 2.42 bits per heavy atom. The van der Waals surface area contributed by atoms with Gasteiger partial charge in [0.05, 0.1) is 11.5 Å². The molecular formula is C17H26N2O4S. The van der Waals surface area contributed by atoms with Gasteiger partial charge >= 0.3 is 6.09 Å². The summed E-state index contributed by atoms with van der Waals surface area (Å²) in [5, 5.41) is 0. The van der Waals surface area contributed by atoms with Crippen LogP contribution >= 0.6 is 0 Å². The third-order valence-corrected chi connectivity index (χ3v) is 5.99. The number of hydrogen-bond donors (Lipinski definition) is 0. The highest BCUT2D eigenvalue weighted by molar-refractivity contribution is 7.89. The van der Waals surface area contributed by atoms with Crippen LogP contribution in [0.4, 0.5) is 4.79 Å². The lowest BCUT2D eigenvalue weighted by Gasteiger charge is -2.21. The summed E-state index contributed by atoms with van der Waals surface area (Å²) in [4.78, 5) is 13.7. The van der Waals surface area contributed by atoms with Gasteiger partial charge in [-0.1, -0.05) is 25.5 Å². The van der Waals surface area contributed by atoms with E-state index in [-0.39, 0.29) is 12.6 Å². The predicted molar refractivity (Wildman–Crippen MR) is 92.4 cm³/mol. The second-order valence-corrected chi connectivity index (χ2v) is 7.78. The first kappa shape index (κ1) is 18.7. The summed E-state index contributed by atoms with van der Waals surface area (Å²) in [7, 11) is -3.52. The van der Waals surface area contributed by atoms with Crippen LogP contribution < -0.4 is 0 Å². The third kappa shape index (κ3) is 4.48. The van der Waals surface area contributed by atoms with Gasteiger partial charge in [0.1, 0.15) is 0 Å². The number of amides is 1. The Bertz CT molecular complexity index is 643.